The fraction of sp³-hybridized carbons (Fsp3) is 0.507. The van der Waals surface area contributed by atoms with E-state index in [2.05, 4.69) is 179 Å². The van der Waals surface area contributed by atoms with Crippen molar-refractivity contribution in [1.29, 1.82) is 0 Å². The average Bonchev–Trinajstić information content (AvgIpc) is 3.39. The molecule has 6 nitrogen and oxygen atoms in total. The number of ether oxygens (including phenoxy) is 3. The second kappa shape index (κ2) is 59.1. The number of allylic oxidation sites excluding steroid dienone is 30. The molecule has 0 spiro atoms. The van der Waals surface area contributed by atoms with Crippen LogP contribution in [-0.2, 0) is 28.6 Å². The van der Waals surface area contributed by atoms with Crippen molar-refractivity contribution >= 4 is 17.9 Å². The lowest BCUT2D eigenvalue weighted by molar-refractivity contribution is -0.166. The van der Waals surface area contributed by atoms with Gasteiger partial charge >= 0.3 is 17.9 Å². The standard InChI is InChI=1S/C67H100O6/c1-4-7-10-13-16-19-22-25-28-31-33-36-39-42-45-48-51-54-57-60-66(69)72-63-64(62-71-65(68)59-56-53-50-47-44-41-38-35-30-27-24-21-18-15-12-9-6-3)73-67(70)61-58-55-52-49-46-43-40-37-34-32-29-26-23-20-17-14-11-8-5-2/h7-8,10-11,16-21,25-30,33-34,36-38,41-43,45-46,51-52,54-55,64H,4-6,9,12-15,22-24,31-32,35,39-40,44,47-50,53,56-63H2,1-3H3/b10-7+,11-8+,19-16+,20-17+,21-18+,28-25+,29-26+,30-27+,36-33+,37-34+,41-38+,45-42+,46-43+,54-51+,55-52+/t64-/m1/s1. The van der Waals surface area contributed by atoms with Crippen molar-refractivity contribution in [3.8, 4) is 0 Å². The highest BCUT2D eigenvalue weighted by Crippen LogP contribution is 2.10. The number of hydrogen-bond acceptors (Lipinski definition) is 6. The lowest BCUT2D eigenvalue weighted by Gasteiger charge is -2.18. The molecule has 404 valence electrons. The number of carbonyl (C=O) groups is 3. The van der Waals surface area contributed by atoms with Gasteiger partial charge in [0.1, 0.15) is 13.2 Å². The first-order valence-electron chi connectivity index (χ1n) is 28.3. The van der Waals surface area contributed by atoms with E-state index in [0.29, 0.717) is 19.3 Å². The van der Waals surface area contributed by atoms with E-state index >= 15 is 0 Å². The molecular formula is C67H100O6. The Hall–Kier alpha value is -5.49. The fourth-order valence-corrected chi connectivity index (χ4v) is 6.73. The molecule has 0 amide bonds. The molecule has 0 aromatic carbocycles. The van der Waals surface area contributed by atoms with Gasteiger partial charge in [-0.2, -0.15) is 0 Å². The summed E-state index contributed by atoms with van der Waals surface area (Å²) in [4.78, 5) is 38.1. The van der Waals surface area contributed by atoms with Crippen molar-refractivity contribution in [1.82, 2.24) is 0 Å². The highest BCUT2D eigenvalue weighted by atomic mass is 16.6. The van der Waals surface area contributed by atoms with Gasteiger partial charge < -0.3 is 14.2 Å². The third-order valence-electron chi connectivity index (χ3n) is 10.9. The first-order valence-corrected chi connectivity index (χ1v) is 28.3. The van der Waals surface area contributed by atoms with E-state index in [1.54, 1.807) is 0 Å². The molecule has 0 aliphatic carbocycles. The van der Waals surface area contributed by atoms with Crippen LogP contribution in [0.2, 0.25) is 0 Å². The van der Waals surface area contributed by atoms with Gasteiger partial charge in [0.05, 0.1) is 0 Å². The fourth-order valence-electron chi connectivity index (χ4n) is 6.73. The Labute approximate surface area is 446 Å². The van der Waals surface area contributed by atoms with Gasteiger partial charge in [-0.15, -0.1) is 0 Å². The van der Waals surface area contributed by atoms with E-state index in [1.165, 1.54) is 25.7 Å². The van der Waals surface area contributed by atoms with Crippen LogP contribution in [0, 0.1) is 0 Å². The number of rotatable bonds is 48. The number of esters is 3. The van der Waals surface area contributed by atoms with Crippen LogP contribution in [0.15, 0.2) is 182 Å². The monoisotopic (exact) mass is 1000 g/mol. The van der Waals surface area contributed by atoms with Gasteiger partial charge in [0.25, 0.3) is 0 Å². The molecule has 0 aliphatic rings. The highest BCUT2D eigenvalue weighted by molar-refractivity contribution is 5.71. The minimum Gasteiger partial charge on any atom is -0.462 e. The lowest BCUT2D eigenvalue weighted by Crippen LogP contribution is -2.30. The average molecular weight is 1000 g/mol. The van der Waals surface area contributed by atoms with Crippen molar-refractivity contribution in [3.63, 3.8) is 0 Å². The Morgan fingerprint density at radius 3 is 0.904 bits per heavy atom. The van der Waals surface area contributed by atoms with Crippen LogP contribution in [-0.4, -0.2) is 37.2 Å². The Morgan fingerprint density at radius 1 is 0.288 bits per heavy atom. The first-order chi connectivity index (χ1) is 36.0. The maximum atomic E-state index is 12.8. The molecule has 0 rings (SSSR count). The number of carbonyl (C=O) groups excluding carboxylic acids is 3. The molecule has 1 atom stereocenters. The van der Waals surface area contributed by atoms with E-state index < -0.39 is 18.0 Å². The van der Waals surface area contributed by atoms with Crippen LogP contribution in [0.1, 0.15) is 201 Å². The summed E-state index contributed by atoms with van der Waals surface area (Å²) < 4.78 is 16.7. The van der Waals surface area contributed by atoms with Crippen molar-refractivity contribution in [2.75, 3.05) is 13.2 Å². The molecule has 0 aliphatic heterocycles. The molecule has 73 heavy (non-hydrogen) atoms. The maximum absolute atomic E-state index is 12.8. The highest BCUT2D eigenvalue weighted by Gasteiger charge is 2.19. The minimum atomic E-state index is -0.870. The van der Waals surface area contributed by atoms with E-state index in [0.717, 1.165) is 122 Å². The van der Waals surface area contributed by atoms with Gasteiger partial charge in [-0.25, -0.2) is 0 Å². The Balaban J connectivity index is 4.71. The van der Waals surface area contributed by atoms with Gasteiger partial charge in [-0.3, -0.25) is 14.4 Å². The SMILES string of the molecule is CC/C=C/C/C=C/C/C=C/C/C=C/C/C=C/C/C=C/CCC(=O)OC[C@@H](COC(=O)CCCCCC/C=C/C/C=C/C/C=C/CCCCC)OC(=O)CC/C=C/C/C=C/C/C=C/C/C=C/C/C=C/C/C=C/CC. The van der Waals surface area contributed by atoms with Gasteiger partial charge in [0.15, 0.2) is 6.10 Å². The summed E-state index contributed by atoms with van der Waals surface area (Å²) in [6.07, 6.45) is 89.0. The third-order valence-corrected chi connectivity index (χ3v) is 10.9. The molecule has 6 heteroatoms. The summed E-state index contributed by atoms with van der Waals surface area (Å²) in [5.74, 6) is -1.16. The topological polar surface area (TPSA) is 78.9 Å². The van der Waals surface area contributed by atoms with E-state index in [-0.39, 0.29) is 32.0 Å². The smallest absolute Gasteiger partial charge is 0.306 e. The lowest BCUT2D eigenvalue weighted by atomic mass is 10.1. The molecule has 0 N–H and O–H groups in total. The third kappa shape index (κ3) is 57.3. The van der Waals surface area contributed by atoms with Crippen LogP contribution in [0.3, 0.4) is 0 Å². The van der Waals surface area contributed by atoms with Gasteiger partial charge in [0, 0.05) is 19.3 Å². The van der Waals surface area contributed by atoms with Crippen LogP contribution < -0.4 is 0 Å². The molecule has 0 aromatic heterocycles. The summed E-state index contributed by atoms with van der Waals surface area (Å²) in [7, 11) is 0. The predicted molar refractivity (Wildman–Crippen MR) is 315 cm³/mol. The molecular weight excluding hydrogens is 901 g/mol. The summed E-state index contributed by atoms with van der Waals surface area (Å²) in [5, 5.41) is 0. The number of hydrogen-bond donors (Lipinski definition) is 0. The second-order valence-corrected chi connectivity index (χ2v) is 17.7. The predicted octanol–water partition coefficient (Wildman–Crippen LogP) is 19.3. The summed E-state index contributed by atoms with van der Waals surface area (Å²) >= 11 is 0. The van der Waals surface area contributed by atoms with Gasteiger partial charge in [-0.1, -0.05) is 229 Å². The van der Waals surface area contributed by atoms with E-state index in [9.17, 15) is 14.4 Å². The van der Waals surface area contributed by atoms with Crippen molar-refractivity contribution < 1.29 is 28.6 Å². The minimum absolute atomic E-state index is 0.153. The van der Waals surface area contributed by atoms with Crippen LogP contribution in [0.5, 0.6) is 0 Å². The zero-order chi connectivity index (χ0) is 52.9. The molecule has 0 unspecified atom stereocenters. The Bertz CT molecular complexity index is 1770. The molecule has 0 radical (unpaired) electrons. The molecule has 0 fully saturated rings. The van der Waals surface area contributed by atoms with Crippen molar-refractivity contribution in [2.45, 2.75) is 207 Å². The van der Waals surface area contributed by atoms with Gasteiger partial charge in [0.2, 0.25) is 0 Å². The second-order valence-electron chi connectivity index (χ2n) is 17.7. The van der Waals surface area contributed by atoms with E-state index in [4.69, 9.17) is 14.2 Å². The van der Waals surface area contributed by atoms with Crippen LogP contribution in [0.25, 0.3) is 0 Å². The van der Waals surface area contributed by atoms with E-state index in [1.807, 2.05) is 24.3 Å². The van der Waals surface area contributed by atoms with Crippen LogP contribution in [0.4, 0.5) is 0 Å². The molecule has 0 saturated heterocycles. The van der Waals surface area contributed by atoms with Crippen LogP contribution >= 0.6 is 0 Å². The summed E-state index contributed by atoms with van der Waals surface area (Å²) in [5.41, 5.74) is 0. The maximum Gasteiger partial charge on any atom is 0.306 e. The Kier molecular flexibility index (Phi) is 54.6. The normalized spacial score (nSPS) is 13.5. The number of unbranched alkanes of at least 4 members (excludes halogenated alkanes) is 7. The largest absolute Gasteiger partial charge is 0.462 e. The molecule has 0 bridgehead atoms. The Morgan fingerprint density at radius 2 is 0.562 bits per heavy atom. The zero-order valence-electron chi connectivity index (χ0n) is 46.1. The van der Waals surface area contributed by atoms with Crippen molar-refractivity contribution in [2.24, 2.45) is 0 Å². The first kappa shape index (κ1) is 67.5. The van der Waals surface area contributed by atoms with Gasteiger partial charge in [-0.05, 0) is 135 Å². The summed E-state index contributed by atoms with van der Waals surface area (Å²) in [6.45, 7) is 6.21. The summed E-state index contributed by atoms with van der Waals surface area (Å²) in [6, 6.07) is 0. The molecule has 0 aromatic rings. The quantitative estimate of drug-likeness (QED) is 0.0262. The zero-order valence-corrected chi connectivity index (χ0v) is 46.1. The molecule has 0 heterocycles. The van der Waals surface area contributed by atoms with Crippen molar-refractivity contribution in [3.05, 3.63) is 182 Å². The molecule has 0 saturated carbocycles.